The molecule has 0 unspecified atom stereocenters. The van der Waals surface area contributed by atoms with Crippen LogP contribution in [0.1, 0.15) is 13.8 Å². The van der Waals surface area contributed by atoms with Gasteiger partial charge in [0, 0.05) is 13.1 Å². The summed E-state index contributed by atoms with van der Waals surface area (Å²) in [6, 6.07) is 7.22. The van der Waals surface area contributed by atoms with Gasteiger partial charge in [-0.25, -0.2) is 4.98 Å². The molecule has 0 radical (unpaired) electrons. The van der Waals surface area contributed by atoms with Gasteiger partial charge >= 0.3 is 0 Å². The summed E-state index contributed by atoms with van der Waals surface area (Å²) < 4.78 is 1.98. The van der Waals surface area contributed by atoms with Crippen LogP contribution >= 0.6 is 24.8 Å². The van der Waals surface area contributed by atoms with Gasteiger partial charge in [0.25, 0.3) is 0 Å². The molecule has 4 N–H and O–H groups in total. The normalized spacial score (nSPS) is 11.4. The van der Waals surface area contributed by atoms with Gasteiger partial charge in [-0.1, -0.05) is 26.0 Å². The highest BCUT2D eigenvalue weighted by Gasteiger charge is 2.17. The summed E-state index contributed by atoms with van der Waals surface area (Å²) in [5.74, 6) is -0.512. The average Bonchev–Trinajstić information content (AvgIpc) is 2.95. The summed E-state index contributed by atoms with van der Waals surface area (Å²) >= 11 is 0. The first-order valence-corrected chi connectivity index (χ1v) is 7.69. The maximum Gasteiger partial charge on any atom is 0.239 e. The number of nitrogens with zero attached hydrogens (tertiary/aromatic N) is 2. The minimum Gasteiger partial charge on any atom is -0.353 e. The van der Waals surface area contributed by atoms with Gasteiger partial charge in [-0.2, -0.15) is 0 Å². The number of fused-ring (bicyclic) bond motifs is 1. The molecule has 2 aromatic rings. The van der Waals surface area contributed by atoms with Crippen LogP contribution in [-0.2, 0) is 16.1 Å². The molecule has 0 saturated heterocycles. The van der Waals surface area contributed by atoms with E-state index in [-0.39, 0.29) is 49.1 Å². The molecule has 2 rings (SSSR count). The van der Waals surface area contributed by atoms with Crippen LogP contribution in [0.5, 0.6) is 0 Å². The first kappa shape index (κ1) is 23.2. The molecule has 0 aliphatic rings. The molecule has 0 spiro atoms. The number of para-hydroxylation sites is 2. The number of carbonyl (C=O) groups excluding carboxylic acids is 2. The lowest BCUT2D eigenvalue weighted by atomic mass is 10.1. The lowest BCUT2D eigenvalue weighted by Crippen LogP contribution is -2.47. The summed E-state index contributed by atoms with van der Waals surface area (Å²) in [5, 5.41) is 5.31. The molecule has 25 heavy (non-hydrogen) atoms. The lowest BCUT2D eigenvalue weighted by Gasteiger charge is -2.15. The smallest absolute Gasteiger partial charge is 0.239 e. The van der Waals surface area contributed by atoms with E-state index in [9.17, 15) is 9.59 Å². The highest BCUT2D eigenvalue weighted by molar-refractivity contribution is 5.87. The molecule has 1 aromatic heterocycles. The van der Waals surface area contributed by atoms with Crippen LogP contribution in [-0.4, -0.2) is 40.5 Å². The van der Waals surface area contributed by atoms with Crippen molar-refractivity contribution < 1.29 is 9.59 Å². The molecule has 9 heteroatoms. The van der Waals surface area contributed by atoms with E-state index < -0.39 is 6.04 Å². The molecule has 1 aromatic carbocycles. The second-order valence-corrected chi connectivity index (χ2v) is 5.76. The maximum absolute atomic E-state index is 11.7. The third-order valence-electron chi connectivity index (χ3n) is 3.65. The Kier molecular flexibility index (Phi) is 10.1. The van der Waals surface area contributed by atoms with Crippen LogP contribution in [0.25, 0.3) is 11.0 Å². The van der Waals surface area contributed by atoms with Crippen LogP contribution in [0, 0.1) is 5.92 Å². The summed E-state index contributed by atoms with van der Waals surface area (Å²) in [7, 11) is 0. The summed E-state index contributed by atoms with van der Waals surface area (Å²) in [5.41, 5.74) is 7.66. The fraction of sp³-hybridized carbons (Fsp3) is 0.438. The fourth-order valence-corrected chi connectivity index (χ4v) is 2.15. The predicted molar refractivity (Wildman–Crippen MR) is 103 cm³/mol. The number of aromatic nitrogens is 2. The van der Waals surface area contributed by atoms with Gasteiger partial charge in [-0.15, -0.1) is 24.8 Å². The Morgan fingerprint density at radius 1 is 1.20 bits per heavy atom. The van der Waals surface area contributed by atoms with Gasteiger partial charge in [0.1, 0.15) is 0 Å². The first-order chi connectivity index (χ1) is 11.0. The Morgan fingerprint density at radius 2 is 1.88 bits per heavy atom. The van der Waals surface area contributed by atoms with Crippen molar-refractivity contribution in [2.75, 3.05) is 13.1 Å². The lowest BCUT2D eigenvalue weighted by molar-refractivity contribution is -0.127. The van der Waals surface area contributed by atoms with Gasteiger partial charge < -0.3 is 20.9 Å². The van der Waals surface area contributed by atoms with Crippen molar-refractivity contribution in [3.05, 3.63) is 30.6 Å². The van der Waals surface area contributed by atoms with Crippen molar-refractivity contribution in [1.29, 1.82) is 0 Å². The zero-order chi connectivity index (χ0) is 16.8. The molecule has 140 valence electrons. The minimum atomic E-state index is -0.597. The Morgan fingerprint density at radius 3 is 2.56 bits per heavy atom. The van der Waals surface area contributed by atoms with E-state index in [1.54, 1.807) is 6.33 Å². The van der Waals surface area contributed by atoms with Crippen LogP contribution in [0.4, 0.5) is 0 Å². The average molecular weight is 390 g/mol. The van der Waals surface area contributed by atoms with Crippen molar-refractivity contribution in [3.8, 4) is 0 Å². The van der Waals surface area contributed by atoms with Crippen molar-refractivity contribution in [2.45, 2.75) is 26.4 Å². The van der Waals surface area contributed by atoms with Crippen LogP contribution < -0.4 is 16.4 Å². The van der Waals surface area contributed by atoms with Crippen LogP contribution in [0.15, 0.2) is 30.6 Å². The monoisotopic (exact) mass is 389 g/mol. The SMILES string of the molecule is CC(C)[C@H](N)C(=O)NCC(=O)NCCn1cnc2ccccc21.Cl.Cl. The number of carbonyl (C=O) groups is 2. The molecule has 0 saturated carbocycles. The van der Waals surface area contributed by atoms with E-state index in [4.69, 9.17) is 5.73 Å². The highest BCUT2D eigenvalue weighted by atomic mass is 35.5. The molecule has 2 amide bonds. The Labute approximate surface area is 159 Å². The number of halogens is 2. The van der Waals surface area contributed by atoms with Crippen LogP contribution in [0.3, 0.4) is 0 Å². The Balaban J connectivity index is 0.00000288. The molecular weight excluding hydrogens is 365 g/mol. The zero-order valence-corrected chi connectivity index (χ0v) is 15.9. The number of hydrogen-bond donors (Lipinski definition) is 3. The molecule has 0 fully saturated rings. The standard InChI is InChI=1S/C16H23N5O2.2ClH/c1-11(2)15(17)16(23)19-9-14(22)18-7-8-21-10-20-12-5-3-4-6-13(12)21;;/h3-6,10-11,15H,7-9,17H2,1-2H3,(H,18,22)(H,19,23);2*1H/t15-;;/m0../s1. The van der Waals surface area contributed by atoms with E-state index >= 15 is 0 Å². The second kappa shape index (κ2) is 10.9. The van der Waals surface area contributed by atoms with Crippen molar-refractivity contribution in [2.24, 2.45) is 11.7 Å². The van der Waals surface area contributed by atoms with Gasteiger partial charge in [0.15, 0.2) is 0 Å². The second-order valence-electron chi connectivity index (χ2n) is 5.76. The number of hydrogen-bond acceptors (Lipinski definition) is 4. The van der Waals surface area contributed by atoms with Gasteiger partial charge in [-0.05, 0) is 18.1 Å². The highest BCUT2D eigenvalue weighted by Crippen LogP contribution is 2.10. The largest absolute Gasteiger partial charge is 0.353 e. The molecule has 0 aliphatic carbocycles. The van der Waals surface area contributed by atoms with E-state index in [1.807, 2.05) is 42.7 Å². The van der Waals surface area contributed by atoms with E-state index in [2.05, 4.69) is 15.6 Å². The molecule has 1 heterocycles. The van der Waals surface area contributed by atoms with Crippen molar-refractivity contribution in [3.63, 3.8) is 0 Å². The topological polar surface area (TPSA) is 102 Å². The van der Waals surface area contributed by atoms with Gasteiger partial charge in [-0.3, -0.25) is 9.59 Å². The minimum absolute atomic E-state index is 0. The van der Waals surface area contributed by atoms with Gasteiger partial charge in [0.2, 0.25) is 11.8 Å². The number of amides is 2. The number of benzene rings is 1. The predicted octanol–water partition coefficient (Wildman–Crippen LogP) is 1.10. The summed E-state index contributed by atoms with van der Waals surface area (Å²) in [6.45, 7) is 4.74. The van der Waals surface area contributed by atoms with E-state index in [0.717, 1.165) is 11.0 Å². The Bertz CT molecular complexity index is 690. The summed E-state index contributed by atoms with van der Waals surface area (Å²) in [6.07, 6.45) is 1.75. The molecule has 1 atom stereocenters. The molecule has 0 aliphatic heterocycles. The third-order valence-corrected chi connectivity index (χ3v) is 3.65. The maximum atomic E-state index is 11.7. The van der Waals surface area contributed by atoms with Crippen molar-refractivity contribution >= 4 is 47.7 Å². The number of nitrogens with one attached hydrogen (secondary N) is 2. The quantitative estimate of drug-likeness (QED) is 0.659. The first-order valence-electron chi connectivity index (χ1n) is 7.69. The van der Waals surface area contributed by atoms with E-state index in [1.165, 1.54) is 0 Å². The Hall–Kier alpha value is -1.83. The molecular formula is C16H25Cl2N5O2. The third kappa shape index (κ3) is 6.53. The number of rotatable bonds is 7. The molecule has 0 bridgehead atoms. The van der Waals surface area contributed by atoms with Gasteiger partial charge in [0.05, 0.1) is 29.9 Å². The van der Waals surface area contributed by atoms with E-state index in [0.29, 0.717) is 13.1 Å². The number of imidazole rings is 1. The zero-order valence-electron chi connectivity index (χ0n) is 14.3. The van der Waals surface area contributed by atoms with Crippen molar-refractivity contribution in [1.82, 2.24) is 20.2 Å². The summed E-state index contributed by atoms with van der Waals surface area (Å²) in [4.78, 5) is 27.7. The number of nitrogens with two attached hydrogens (primary N) is 1. The fourth-order valence-electron chi connectivity index (χ4n) is 2.15. The molecule has 7 nitrogen and oxygen atoms in total. The van der Waals surface area contributed by atoms with Crippen LogP contribution in [0.2, 0.25) is 0 Å².